The number of amides is 3. The first kappa shape index (κ1) is 20.6. The fraction of sp³-hybridized carbons (Fsp3) is 0.500. The van der Waals surface area contributed by atoms with Crippen LogP contribution in [0.15, 0.2) is 30.3 Å². The van der Waals surface area contributed by atoms with Crippen LogP contribution in [0.1, 0.15) is 32.3 Å². The predicted molar refractivity (Wildman–Crippen MR) is 94.4 cm³/mol. The van der Waals surface area contributed by atoms with E-state index in [-0.39, 0.29) is 18.2 Å². The molecule has 25 heavy (non-hydrogen) atoms. The molecule has 0 bridgehead atoms. The van der Waals surface area contributed by atoms with E-state index >= 15 is 0 Å². The molecule has 0 saturated carbocycles. The second-order valence-electron chi connectivity index (χ2n) is 6.38. The lowest BCUT2D eigenvalue weighted by molar-refractivity contribution is -0.132. The first-order chi connectivity index (χ1) is 11.8. The van der Waals surface area contributed by atoms with Gasteiger partial charge in [0, 0.05) is 6.42 Å². The molecule has 7 nitrogen and oxygen atoms in total. The molecule has 3 amide bonds. The lowest BCUT2D eigenvalue weighted by atomic mass is 10.0. The maximum atomic E-state index is 12.2. The Balaban J connectivity index is 2.54. The van der Waals surface area contributed by atoms with Gasteiger partial charge in [-0.1, -0.05) is 44.2 Å². The standard InChI is InChI=1S/C18H27N3O4/c1-12(2)10-14(17(19)24)21-18(25)15(11-22)20-16(23)9-8-13-6-4-3-5-7-13/h3-7,12,14-15,22H,8-11H2,1-2H3,(H2,19,24)(H,20,23)(H,21,25)/t14-,15-/m0/s1. The highest BCUT2D eigenvalue weighted by Gasteiger charge is 2.25. The number of carbonyl (C=O) groups excluding carboxylic acids is 3. The lowest BCUT2D eigenvalue weighted by Gasteiger charge is -2.21. The molecule has 0 fully saturated rings. The van der Waals surface area contributed by atoms with Gasteiger partial charge in [-0.3, -0.25) is 14.4 Å². The van der Waals surface area contributed by atoms with E-state index in [0.717, 1.165) is 5.56 Å². The summed E-state index contributed by atoms with van der Waals surface area (Å²) >= 11 is 0. The Morgan fingerprint density at radius 3 is 2.24 bits per heavy atom. The van der Waals surface area contributed by atoms with Gasteiger partial charge in [0.05, 0.1) is 6.61 Å². The number of hydrogen-bond donors (Lipinski definition) is 4. The van der Waals surface area contributed by atoms with Crippen molar-refractivity contribution in [2.75, 3.05) is 6.61 Å². The fourth-order valence-electron chi connectivity index (χ4n) is 2.35. The van der Waals surface area contributed by atoms with E-state index in [1.807, 2.05) is 44.2 Å². The van der Waals surface area contributed by atoms with Crippen molar-refractivity contribution in [3.05, 3.63) is 35.9 Å². The zero-order valence-electron chi connectivity index (χ0n) is 14.7. The van der Waals surface area contributed by atoms with E-state index in [1.165, 1.54) is 0 Å². The van der Waals surface area contributed by atoms with Crippen LogP contribution in [-0.4, -0.2) is 41.5 Å². The molecule has 1 rings (SSSR count). The molecule has 0 radical (unpaired) electrons. The lowest BCUT2D eigenvalue weighted by Crippen LogP contribution is -2.54. The number of primary amides is 1. The Bertz CT molecular complexity index is 575. The maximum Gasteiger partial charge on any atom is 0.245 e. The SMILES string of the molecule is CC(C)C[C@H](NC(=O)[C@H](CO)NC(=O)CCc1ccccc1)C(N)=O. The smallest absolute Gasteiger partial charge is 0.245 e. The van der Waals surface area contributed by atoms with Gasteiger partial charge >= 0.3 is 0 Å². The van der Waals surface area contributed by atoms with Crippen molar-refractivity contribution in [2.24, 2.45) is 11.7 Å². The third kappa shape index (κ3) is 7.80. The molecule has 2 atom stereocenters. The molecule has 1 aromatic carbocycles. The Labute approximate surface area is 148 Å². The quantitative estimate of drug-likeness (QED) is 0.479. The summed E-state index contributed by atoms with van der Waals surface area (Å²) in [4.78, 5) is 35.6. The molecular weight excluding hydrogens is 322 g/mol. The van der Waals surface area contributed by atoms with Crippen LogP contribution in [0.2, 0.25) is 0 Å². The normalized spacial score (nSPS) is 13.1. The average Bonchev–Trinajstić information content (AvgIpc) is 2.57. The minimum Gasteiger partial charge on any atom is -0.394 e. The summed E-state index contributed by atoms with van der Waals surface area (Å²) in [6.45, 7) is 3.24. The minimum absolute atomic E-state index is 0.158. The first-order valence-electron chi connectivity index (χ1n) is 8.37. The molecule has 0 heterocycles. The van der Waals surface area contributed by atoms with Crippen molar-refractivity contribution in [1.29, 1.82) is 0 Å². The van der Waals surface area contributed by atoms with Gasteiger partial charge in [-0.25, -0.2) is 0 Å². The molecule has 138 valence electrons. The summed E-state index contributed by atoms with van der Waals surface area (Å²) in [6.07, 6.45) is 1.11. The topological polar surface area (TPSA) is 122 Å². The number of aliphatic hydroxyl groups excluding tert-OH is 1. The number of aryl methyl sites for hydroxylation is 1. The van der Waals surface area contributed by atoms with Crippen molar-refractivity contribution in [2.45, 2.75) is 45.2 Å². The van der Waals surface area contributed by atoms with Crippen LogP contribution in [0.5, 0.6) is 0 Å². The Kier molecular flexibility index (Phi) is 8.63. The molecule has 0 saturated heterocycles. The fourth-order valence-corrected chi connectivity index (χ4v) is 2.35. The van der Waals surface area contributed by atoms with Crippen molar-refractivity contribution in [1.82, 2.24) is 10.6 Å². The van der Waals surface area contributed by atoms with Crippen LogP contribution in [-0.2, 0) is 20.8 Å². The number of hydrogen-bond acceptors (Lipinski definition) is 4. The van der Waals surface area contributed by atoms with Crippen LogP contribution in [0.3, 0.4) is 0 Å². The van der Waals surface area contributed by atoms with E-state index in [1.54, 1.807) is 0 Å². The van der Waals surface area contributed by atoms with E-state index in [4.69, 9.17) is 5.73 Å². The van der Waals surface area contributed by atoms with Gasteiger partial charge in [-0.15, -0.1) is 0 Å². The Hall–Kier alpha value is -2.41. The number of aliphatic hydroxyl groups is 1. The third-order valence-electron chi connectivity index (χ3n) is 3.68. The van der Waals surface area contributed by atoms with Crippen LogP contribution in [0.4, 0.5) is 0 Å². The average molecular weight is 349 g/mol. The number of nitrogens with two attached hydrogens (primary N) is 1. The van der Waals surface area contributed by atoms with Gasteiger partial charge in [0.15, 0.2) is 0 Å². The largest absolute Gasteiger partial charge is 0.394 e. The summed E-state index contributed by atoms with van der Waals surface area (Å²) in [6, 6.07) is 7.54. The summed E-state index contributed by atoms with van der Waals surface area (Å²) in [5.74, 6) is -1.46. The number of benzene rings is 1. The summed E-state index contributed by atoms with van der Waals surface area (Å²) in [5.41, 5.74) is 6.29. The second kappa shape index (κ2) is 10.5. The monoisotopic (exact) mass is 349 g/mol. The summed E-state index contributed by atoms with van der Waals surface area (Å²) in [5, 5.41) is 14.3. The van der Waals surface area contributed by atoms with Crippen LogP contribution in [0, 0.1) is 5.92 Å². The molecule has 0 spiro atoms. The molecule has 0 aliphatic rings. The number of nitrogens with one attached hydrogen (secondary N) is 2. The van der Waals surface area contributed by atoms with Gasteiger partial charge in [-0.05, 0) is 24.3 Å². The number of carbonyl (C=O) groups is 3. The molecule has 1 aromatic rings. The molecule has 5 N–H and O–H groups in total. The van der Waals surface area contributed by atoms with E-state index < -0.39 is 30.5 Å². The summed E-state index contributed by atoms with van der Waals surface area (Å²) < 4.78 is 0. The molecule has 0 aliphatic carbocycles. The number of rotatable bonds is 10. The third-order valence-corrected chi connectivity index (χ3v) is 3.68. The molecule has 7 heteroatoms. The van der Waals surface area contributed by atoms with E-state index in [9.17, 15) is 19.5 Å². The van der Waals surface area contributed by atoms with Crippen LogP contribution < -0.4 is 16.4 Å². The highest BCUT2D eigenvalue weighted by molar-refractivity contribution is 5.91. The van der Waals surface area contributed by atoms with Crippen molar-refractivity contribution < 1.29 is 19.5 Å². The van der Waals surface area contributed by atoms with Gasteiger partial charge in [0.2, 0.25) is 17.7 Å². The zero-order valence-corrected chi connectivity index (χ0v) is 14.7. The Morgan fingerprint density at radius 2 is 1.72 bits per heavy atom. The van der Waals surface area contributed by atoms with E-state index in [2.05, 4.69) is 10.6 Å². The summed E-state index contributed by atoms with van der Waals surface area (Å²) in [7, 11) is 0. The van der Waals surface area contributed by atoms with Gasteiger partial charge in [0.1, 0.15) is 12.1 Å². The molecule has 0 aromatic heterocycles. The van der Waals surface area contributed by atoms with Gasteiger partial charge in [-0.2, -0.15) is 0 Å². The Morgan fingerprint density at radius 1 is 1.08 bits per heavy atom. The van der Waals surface area contributed by atoms with Crippen LogP contribution >= 0.6 is 0 Å². The first-order valence-corrected chi connectivity index (χ1v) is 8.37. The zero-order chi connectivity index (χ0) is 18.8. The van der Waals surface area contributed by atoms with Crippen molar-refractivity contribution >= 4 is 17.7 Å². The predicted octanol–water partition coefficient (Wildman–Crippen LogP) is 0.113. The van der Waals surface area contributed by atoms with Crippen LogP contribution in [0.25, 0.3) is 0 Å². The molecule has 0 unspecified atom stereocenters. The molecule has 0 aliphatic heterocycles. The van der Waals surface area contributed by atoms with Gasteiger partial charge in [0.25, 0.3) is 0 Å². The maximum absolute atomic E-state index is 12.2. The van der Waals surface area contributed by atoms with Crippen molar-refractivity contribution in [3.63, 3.8) is 0 Å². The van der Waals surface area contributed by atoms with Gasteiger partial charge < -0.3 is 21.5 Å². The highest BCUT2D eigenvalue weighted by atomic mass is 16.3. The minimum atomic E-state index is -1.11. The van der Waals surface area contributed by atoms with Crippen molar-refractivity contribution in [3.8, 4) is 0 Å². The highest BCUT2D eigenvalue weighted by Crippen LogP contribution is 2.05. The molecular formula is C18H27N3O4. The van der Waals surface area contributed by atoms with E-state index in [0.29, 0.717) is 12.8 Å². The second-order valence-corrected chi connectivity index (χ2v) is 6.38.